The highest BCUT2D eigenvalue weighted by Gasteiger charge is 2.71. The van der Waals surface area contributed by atoms with Crippen molar-refractivity contribution in [1.82, 2.24) is 9.91 Å². The number of ether oxygens (including phenoxy) is 2. The Bertz CT molecular complexity index is 2090. The maximum absolute atomic E-state index is 15.2. The van der Waals surface area contributed by atoms with Gasteiger partial charge in [-0.1, -0.05) is 47.0 Å². The van der Waals surface area contributed by atoms with E-state index < -0.39 is 82.5 Å². The largest absolute Gasteiger partial charge is 0.573 e. The molecule has 1 saturated carbocycles. The van der Waals surface area contributed by atoms with Gasteiger partial charge in [-0.2, -0.15) is 9.91 Å². The van der Waals surface area contributed by atoms with Gasteiger partial charge in [-0.3, -0.25) is 24.6 Å². The second-order valence-corrected chi connectivity index (χ2v) is 13.7. The van der Waals surface area contributed by atoms with Crippen LogP contribution in [0, 0.1) is 23.7 Å². The number of phenols is 1. The van der Waals surface area contributed by atoms with Crippen LogP contribution in [0.1, 0.15) is 29.9 Å². The molecule has 7 rings (SSSR count). The Morgan fingerprint density at radius 2 is 1.65 bits per heavy atom. The monoisotopic (exact) mass is 758 g/mol. The summed E-state index contributed by atoms with van der Waals surface area (Å²) in [6, 6.07) is 11.9. The topological polar surface area (TPSA) is 169 Å². The number of benzene rings is 3. The number of phenolic OH excluding ortho intramolecular Hbond substituents is 1. The Kier molecular flexibility index (Phi) is 8.41. The molecule has 270 valence electrons. The van der Waals surface area contributed by atoms with E-state index in [0.717, 1.165) is 23.2 Å². The third-order valence-electron chi connectivity index (χ3n) is 10.3. The maximum Gasteiger partial charge on any atom is 0.573 e. The molecule has 12 nitrogen and oxygen atoms in total. The van der Waals surface area contributed by atoms with E-state index in [2.05, 4.69) is 10.2 Å². The molecular formula is C35H27Cl2F3N4O8. The number of halogens is 5. The number of fused-ring (bicyclic) bond motifs is 4. The number of alkyl halides is 3. The molecule has 52 heavy (non-hydrogen) atoms. The fourth-order valence-corrected chi connectivity index (χ4v) is 8.82. The molecule has 17 heteroatoms. The Balaban J connectivity index is 1.50. The predicted octanol–water partition coefficient (Wildman–Crippen LogP) is 5.67. The van der Waals surface area contributed by atoms with Gasteiger partial charge in [0.1, 0.15) is 17.2 Å². The number of imide groups is 4. The SMILES string of the molecule is COc1ccc([C@@]23C(=O)N(Nc4ccc(Cl)cc4Cl)C(=O)[C@@H]2C[C@@H]2C(=CC[C@@H]4C(=O)N(C(N)=O)C(=O)[C@@H]42)[C@@H]3c2cc(OC(F)(F)F)ccc2O)cc1. The molecule has 3 aromatic rings. The van der Waals surface area contributed by atoms with Gasteiger partial charge in [0.25, 0.3) is 11.8 Å². The minimum atomic E-state index is -5.14. The van der Waals surface area contributed by atoms with Gasteiger partial charge in [0.2, 0.25) is 11.8 Å². The summed E-state index contributed by atoms with van der Waals surface area (Å²) >= 11 is 12.5. The number of anilines is 1. The van der Waals surface area contributed by atoms with Crippen LogP contribution in [0.15, 0.2) is 72.3 Å². The quantitative estimate of drug-likeness (QED) is 0.212. The lowest BCUT2D eigenvalue weighted by Crippen LogP contribution is -2.53. The van der Waals surface area contributed by atoms with Gasteiger partial charge in [-0.15, -0.1) is 13.2 Å². The summed E-state index contributed by atoms with van der Waals surface area (Å²) in [4.78, 5) is 69.5. The highest BCUT2D eigenvalue weighted by Crippen LogP contribution is 2.65. The van der Waals surface area contributed by atoms with Crippen molar-refractivity contribution in [3.8, 4) is 17.2 Å². The first kappa shape index (κ1) is 35.1. The number of nitrogens with one attached hydrogen (secondary N) is 1. The summed E-state index contributed by atoms with van der Waals surface area (Å²) < 4.78 is 50.1. The number of rotatable bonds is 6. The van der Waals surface area contributed by atoms with Crippen LogP contribution in [0.4, 0.5) is 23.7 Å². The van der Waals surface area contributed by atoms with Gasteiger partial charge in [-0.25, -0.2) is 4.79 Å². The molecule has 3 fully saturated rings. The lowest BCUT2D eigenvalue weighted by molar-refractivity contribution is -0.274. The first-order valence-corrected chi connectivity index (χ1v) is 16.5. The number of nitrogens with zero attached hydrogens (tertiary/aromatic N) is 2. The summed E-state index contributed by atoms with van der Waals surface area (Å²) in [6.45, 7) is 0. The van der Waals surface area contributed by atoms with Gasteiger partial charge in [0, 0.05) is 16.5 Å². The van der Waals surface area contributed by atoms with Crippen molar-refractivity contribution in [3.05, 3.63) is 93.5 Å². The maximum atomic E-state index is 15.2. The summed E-state index contributed by atoms with van der Waals surface area (Å²) in [5, 5.41) is 12.5. The summed E-state index contributed by atoms with van der Waals surface area (Å²) in [5.41, 5.74) is 6.59. The van der Waals surface area contributed by atoms with Crippen molar-refractivity contribution in [3.63, 3.8) is 0 Å². The number of allylic oxidation sites excluding steroid dienone is 2. The number of amides is 6. The van der Waals surface area contributed by atoms with Crippen LogP contribution in [0.5, 0.6) is 17.2 Å². The predicted molar refractivity (Wildman–Crippen MR) is 177 cm³/mol. The summed E-state index contributed by atoms with van der Waals surface area (Å²) in [5.74, 6) is -10.4. The standard InChI is InChI=1S/C35H27Cl2F3N4O8/c1-51-17-5-2-15(3-6-17)34-23(30(47)44(32(34)49)42-25-10-4-16(36)12-24(25)37)14-21-19(8-9-20-27(21)31(48)43(29(20)46)33(41)50)28(34)22-13-18(7-11-26(22)45)52-35(38,39)40/h2-8,10-13,20-21,23,27-28,42,45H,9,14H2,1H3,(H2,41,50)/t20-,21+,23-,27-,28+,34+/m0/s1. The summed E-state index contributed by atoms with van der Waals surface area (Å²) in [6.07, 6.45) is -3.90. The first-order valence-electron chi connectivity index (χ1n) is 15.8. The number of hydrazine groups is 1. The Morgan fingerprint density at radius 3 is 2.29 bits per heavy atom. The van der Waals surface area contributed by atoms with E-state index >= 15 is 4.79 Å². The molecule has 2 heterocycles. The minimum absolute atomic E-state index is 0.0495. The Hall–Kier alpha value is -5.28. The van der Waals surface area contributed by atoms with Crippen LogP contribution in [0.3, 0.4) is 0 Å². The zero-order valence-electron chi connectivity index (χ0n) is 26.8. The molecule has 0 unspecified atom stereocenters. The number of nitrogens with two attached hydrogens (primary N) is 1. The number of hydrogen-bond acceptors (Lipinski definition) is 9. The zero-order chi connectivity index (χ0) is 37.4. The van der Waals surface area contributed by atoms with Crippen LogP contribution in [0.25, 0.3) is 0 Å². The van der Waals surface area contributed by atoms with Crippen LogP contribution in [0.2, 0.25) is 10.0 Å². The fourth-order valence-electron chi connectivity index (χ4n) is 8.37. The van der Waals surface area contributed by atoms with Crippen LogP contribution < -0.4 is 20.6 Å². The number of hydrogen-bond donors (Lipinski definition) is 3. The molecule has 6 atom stereocenters. The zero-order valence-corrected chi connectivity index (χ0v) is 28.3. The number of urea groups is 1. The van der Waals surface area contributed by atoms with Crippen molar-refractivity contribution < 1.29 is 51.7 Å². The van der Waals surface area contributed by atoms with E-state index in [1.807, 2.05) is 0 Å². The van der Waals surface area contributed by atoms with E-state index in [1.165, 1.54) is 49.6 Å². The molecule has 0 radical (unpaired) electrons. The van der Waals surface area contributed by atoms with Crippen LogP contribution >= 0.6 is 23.2 Å². The van der Waals surface area contributed by atoms with Crippen molar-refractivity contribution in [2.75, 3.05) is 12.5 Å². The Morgan fingerprint density at radius 1 is 0.962 bits per heavy atom. The van der Waals surface area contributed by atoms with Crippen molar-refractivity contribution in [2.45, 2.75) is 30.5 Å². The van der Waals surface area contributed by atoms with E-state index in [4.69, 9.17) is 33.7 Å². The van der Waals surface area contributed by atoms with Gasteiger partial charge >= 0.3 is 12.4 Å². The van der Waals surface area contributed by atoms with Crippen molar-refractivity contribution in [1.29, 1.82) is 0 Å². The third-order valence-corrected chi connectivity index (χ3v) is 10.9. The normalized spacial score (nSPS) is 26.8. The second-order valence-electron chi connectivity index (χ2n) is 12.8. The number of aromatic hydroxyl groups is 1. The number of primary amides is 1. The molecule has 2 saturated heterocycles. The van der Waals surface area contributed by atoms with E-state index in [0.29, 0.717) is 10.6 Å². The molecule has 2 aliphatic heterocycles. The first-order chi connectivity index (χ1) is 24.6. The fraction of sp³-hybridized carbons (Fsp3) is 0.286. The molecule has 6 amide bonds. The number of methoxy groups -OCH3 is 1. The van der Waals surface area contributed by atoms with Crippen molar-refractivity contribution in [2.24, 2.45) is 29.4 Å². The molecule has 3 aromatic carbocycles. The van der Waals surface area contributed by atoms with Gasteiger partial charge in [0.15, 0.2) is 0 Å². The Labute approximate surface area is 302 Å². The van der Waals surface area contributed by atoms with Crippen LogP contribution in [-0.2, 0) is 24.6 Å². The molecular weight excluding hydrogens is 732 g/mol. The van der Waals surface area contributed by atoms with Crippen LogP contribution in [-0.4, -0.2) is 58.1 Å². The van der Waals surface area contributed by atoms with Gasteiger partial charge in [-0.05, 0) is 72.9 Å². The summed E-state index contributed by atoms with van der Waals surface area (Å²) in [7, 11) is 1.42. The van der Waals surface area contributed by atoms with E-state index in [-0.39, 0.29) is 45.3 Å². The second kappa shape index (κ2) is 12.4. The third kappa shape index (κ3) is 5.32. The lowest BCUT2D eigenvalue weighted by atomic mass is 9.49. The van der Waals surface area contributed by atoms with E-state index in [9.17, 15) is 37.5 Å². The molecule has 0 spiro atoms. The molecule has 2 aliphatic carbocycles. The molecule has 0 aromatic heterocycles. The average Bonchev–Trinajstić information content (AvgIpc) is 3.47. The van der Waals surface area contributed by atoms with Gasteiger partial charge in [0.05, 0.1) is 41.0 Å². The highest BCUT2D eigenvalue weighted by atomic mass is 35.5. The lowest BCUT2D eigenvalue weighted by Gasteiger charge is -2.50. The van der Waals surface area contributed by atoms with E-state index in [1.54, 1.807) is 6.08 Å². The number of likely N-dealkylation sites (tertiary alicyclic amines) is 1. The van der Waals surface area contributed by atoms with Crippen molar-refractivity contribution >= 4 is 58.5 Å². The smallest absolute Gasteiger partial charge is 0.508 e. The minimum Gasteiger partial charge on any atom is -0.508 e. The van der Waals surface area contributed by atoms with Gasteiger partial charge < -0.3 is 20.3 Å². The molecule has 4 N–H and O–H groups in total. The molecule has 4 aliphatic rings. The highest BCUT2D eigenvalue weighted by molar-refractivity contribution is 6.36. The number of carbonyl (C=O) groups excluding carboxylic acids is 5. The number of carbonyl (C=O) groups is 5. The molecule has 0 bridgehead atoms. The average molecular weight is 760 g/mol.